The SMILES string of the molecule is N#Cc1ccc(O)cc1[O-]. The molecule has 0 fully saturated rings. The topological polar surface area (TPSA) is 67.1 Å². The van der Waals surface area contributed by atoms with E-state index in [0.29, 0.717) is 0 Å². The van der Waals surface area contributed by atoms with Crippen LogP contribution in [0.15, 0.2) is 18.2 Å². The Hall–Kier alpha value is -1.69. The summed E-state index contributed by atoms with van der Waals surface area (Å²) >= 11 is 0. The molecule has 0 aliphatic rings. The average Bonchev–Trinajstić information content (AvgIpc) is 1.88. The fraction of sp³-hybridized carbons (Fsp3) is 0. The first-order chi connectivity index (χ1) is 4.74. The standard InChI is InChI=1S/C7H5NO2/c8-4-5-1-2-6(9)3-7(5)10/h1-3,9-10H/p-1. The summed E-state index contributed by atoms with van der Waals surface area (Å²) < 4.78 is 0. The molecule has 0 saturated carbocycles. The van der Waals surface area contributed by atoms with Crippen LogP contribution in [-0.4, -0.2) is 5.11 Å². The van der Waals surface area contributed by atoms with Crippen LogP contribution in [0.25, 0.3) is 0 Å². The normalized spacial score (nSPS) is 8.70. The van der Waals surface area contributed by atoms with E-state index in [0.717, 1.165) is 6.07 Å². The largest absolute Gasteiger partial charge is 0.871 e. The van der Waals surface area contributed by atoms with Crippen LogP contribution in [-0.2, 0) is 0 Å². The van der Waals surface area contributed by atoms with Crippen LogP contribution in [0.4, 0.5) is 0 Å². The molecule has 3 nitrogen and oxygen atoms in total. The number of nitriles is 1. The summed E-state index contributed by atoms with van der Waals surface area (Å²) in [5.74, 6) is -0.550. The monoisotopic (exact) mass is 134 g/mol. The maximum absolute atomic E-state index is 10.7. The third kappa shape index (κ3) is 1.00. The molecule has 1 aromatic carbocycles. The molecule has 3 heteroatoms. The highest BCUT2D eigenvalue weighted by Crippen LogP contribution is 2.18. The number of nitrogens with zero attached hydrogens (tertiary/aromatic N) is 1. The second-order valence-electron chi connectivity index (χ2n) is 1.79. The molecule has 50 valence electrons. The van der Waals surface area contributed by atoms with E-state index in [1.165, 1.54) is 12.1 Å². The smallest absolute Gasteiger partial charge is 0.115 e. The summed E-state index contributed by atoms with van der Waals surface area (Å²) in [6.45, 7) is 0. The molecule has 10 heavy (non-hydrogen) atoms. The van der Waals surface area contributed by atoms with E-state index in [-0.39, 0.29) is 11.3 Å². The van der Waals surface area contributed by atoms with Gasteiger partial charge < -0.3 is 10.2 Å². The number of phenolic OH excluding ortho intramolecular Hbond substituents is 1. The first kappa shape index (κ1) is 6.43. The predicted molar refractivity (Wildman–Crippen MR) is 32.3 cm³/mol. The predicted octanol–water partition coefficient (Wildman–Crippen LogP) is 0.337. The Morgan fingerprint density at radius 3 is 2.70 bits per heavy atom. The number of benzene rings is 1. The zero-order chi connectivity index (χ0) is 7.56. The van der Waals surface area contributed by atoms with Gasteiger partial charge in [0.2, 0.25) is 0 Å². The van der Waals surface area contributed by atoms with E-state index in [1.54, 1.807) is 6.07 Å². The van der Waals surface area contributed by atoms with Gasteiger partial charge in [0.05, 0.1) is 6.07 Å². The third-order valence-corrected chi connectivity index (χ3v) is 1.09. The Bertz CT molecular complexity index is 288. The van der Waals surface area contributed by atoms with Crippen LogP contribution in [0.1, 0.15) is 5.56 Å². The molecule has 0 aliphatic heterocycles. The van der Waals surface area contributed by atoms with Crippen molar-refractivity contribution in [3.8, 4) is 17.6 Å². The minimum atomic E-state index is -0.442. The lowest BCUT2D eigenvalue weighted by atomic mass is 10.2. The molecule has 0 heterocycles. The van der Waals surface area contributed by atoms with Crippen molar-refractivity contribution < 1.29 is 10.2 Å². The van der Waals surface area contributed by atoms with Crippen LogP contribution in [0, 0.1) is 11.3 Å². The molecule has 0 atom stereocenters. The van der Waals surface area contributed by atoms with Crippen molar-refractivity contribution in [1.29, 1.82) is 5.26 Å². The molecular weight excluding hydrogens is 130 g/mol. The average molecular weight is 134 g/mol. The third-order valence-electron chi connectivity index (χ3n) is 1.09. The molecule has 0 radical (unpaired) electrons. The fourth-order valence-corrected chi connectivity index (χ4v) is 0.603. The Balaban J connectivity index is 3.23. The van der Waals surface area contributed by atoms with E-state index >= 15 is 0 Å². The second kappa shape index (κ2) is 2.28. The first-order valence-corrected chi connectivity index (χ1v) is 2.64. The van der Waals surface area contributed by atoms with Gasteiger partial charge in [0, 0.05) is 5.56 Å². The highest BCUT2D eigenvalue weighted by molar-refractivity contribution is 5.45. The van der Waals surface area contributed by atoms with Gasteiger partial charge >= 0.3 is 0 Å². The van der Waals surface area contributed by atoms with Crippen LogP contribution >= 0.6 is 0 Å². The zero-order valence-electron chi connectivity index (χ0n) is 5.03. The second-order valence-corrected chi connectivity index (χ2v) is 1.79. The minimum Gasteiger partial charge on any atom is -0.871 e. The summed E-state index contributed by atoms with van der Waals surface area (Å²) in [6, 6.07) is 5.31. The molecule has 0 bridgehead atoms. The molecule has 0 spiro atoms. The van der Waals surface area contributed by atoms with Crippen molar-refractivity contribution in [2.75, 3.05) is 0 Å². The van der Waals surface area contributed by atoms with Crippen LogP contribution in [0.3, 0.4) is 0 Å². The highest BCUT2D eigenvalue weighted by Gasteiger charge is 1.91. The number of hydrogen-bond donors (Lipinski definition) is 1. The van der Waals surface area contributed by atoms with Crippen molar-refractivity contribution in [1.82, 2.24) is 0 Å². The highest BCUT2D eigenvalue weighted by atomic mass is 16.3. The molecule has 1 aromatic rings. The van der Waals surface area contributed by atoms with Crippen molar-refractivity contribution in [2.24, 2.45) is 0 Å². The summed E-state index contributed by atoms with van der Waals surface area (Å²) in [5, 5.41) is 27.7. The van der Waals surface area contributed by atoms with Crippen LogP contribution in [0.5, 0.6) is 11.5 Å². The van der Waals surface area contributed by atoms with Crippen LogP contribution < -0.4 is 5.11 Å². The quantitative estimate of drug-likeness (QED) is 0.556. The van der Waals surface area contributed by atoms with Crippen LogP contribution in [0.2, 0.25) is 0 Å². The molecule has 0 aliphatic carbocycles. The maximum Gasteiger partial charge on any atom is 0.115 e. The van der Waals surface area contributed by atoms with Crippen molar-refractivity contribution >= 4 is 0 Å². The van der Waals surface area contributed by atoms with E-state index < -0.39 is 5.75 Å². The minimum absolute atomic E-state index is 0.0535. The van der Waals surface area contributed by atoms with E-state index in [4.69, 9.17) is 10.4 Å². The lowest BCUT2D eigenvalue weighted by Gasteiger charge is -2.06. The molecule has 0 unspecified atom stereocenters. The molecule has 1 N–H and O–H groups in total. The number of hydrogen-bond acceptors (Lipinski definition) is 3. The van der Waals surface area contributed by atoms with Gasteiger partial charge in [-0.15, -0.1) is 0 Å². The summed E-state index contributed by atoms with van der Waals surface area (Å²) in [7, 11) is 0. The van der Waals surface area contributed by atoms with E-state index in [2.05, 4.69) is 0 Å². The van der Waals surface area contributed by atoms with Gasteiger partial charge in [-0.3, -0.25) is 0 Å². The van der Waals surface area contributed by atoms with Gasteiger partial charge in [-0.25, -0.2) is 0 Å². The summed E-state index contributed by atoms with van der Waals surface area (Å²) in [4.78, 5) is 0. The van der Waals surface area contributed by atoms with Crippen molar-refractivity contribution in [3.63, 3.8) is 0 Å². The fourth-order valence-electron chi connectivity index (χ4n) is 0.603. The van der Waals surface area contributed by atoms with Gasteiger partial charge in [-0.1, -0.05) is 5.75 Å². The van der Waals surface area contributed by atoms with Gasteiger partial charge in [-0.05, 0) is 18.2 Å². The Kier molecular flexibility index (Phi) is 1.46. The first-order valence-electron chi connectivity index (χ1n) is 2.64. The number of phenols is 1. The van der Waals surface area contributed by atoms with E-state index in [9.17, 15) is 5.11 Å². The van der Waals surface area contributed by atoms with Gasteiger partial charge in [-0.2, -0.15) is 5.26 Å². The lowest BCUT2D eigenvalue weighted by molar-refractivity contribution is -0.268. The maximum atomic E-state index is 10.7. The number of aromatic hydroxyl groups is 1. The van der Waals surface area contributed by atoms with Crippen molar-refractivity contribution in [2.45, 2.75) is 0 Å². The Labute approximate surface area is 57.8 Å². The lowest BCUT2D eigenvalue weighted by Crippen LogP contribution is -1.92. The molecule has 0 amide bonds. The summed E-state index contributed by atoms with van der Waals surface area (Å²) in [6.07, 6.45) is 0. The molecule has 1 rings (SSSR count). The van der Waals surface area contributed by atoms with Crippen molar-refractivity contribution in [3.05, 3.63) is 23.8 Å². The Morgan fingerprint density at radius 1 is 1.50 bits per heavy atom. The van der Waals surface area contributed by atoms with Gasteiger partial charge in [0.25, 0.3) is 0 Å². The number of rotatable bonds is 0. The van der Waals surface area contributed by atoms with Gasteiger partial charge in [0.1, 0.15) is 5.75 Å². The van der Waals surface area contributed by atoms with Gasteiger partial charge in [0.15, 0.2) is 0 Å². The molecular formula is C7H4NO2-. The molecule has 0 aromatic heterocycles. The zero-order valence-corrected chi connectivity index (χ0v) is 5.03. The molecule has 0 saturated heterocycles. The summed E-state index contributed by atoms with van der Waals surface area (Å²) in [5.41, 5.74) is 0.0535. The van der Waals surface area contributed by atoms with E-state index in [1.807, 2.05) is 0 Å². The Morgan fingerprint density at radius 2 is 2.20 bits per heavy atom.